The predicted molar refractivity (Wildman–Crippen MR) is 76.8 cm³/mol. The molecular formula is C15H23N3O. The molecule has 0 aromatic heterocycles. The van der Waals surface area contributed by atoms with E-state index in [1.165, 1.54) is 11.1 Å². The van der Waals surface area contributed by atoms with Gasteiger partial charge in [-0.25, -0.2) is 0 Å². The van der Waals surface area contributed by atoms with Gasteiger partial charge >= 0.3 is 0 Å². The summed E-state index contributed by atoms with van der Waals surface area (Å²) in [6.45, 7) is 5.39. The SMILES string of the molecule is CCCN(CC(=O)NC)C1CNCc2ccccc21. The maximum absolute atomic E-state index is 11.7. The molecule has 1 aromatic carbocycles. The van der Waals surface area contributed by atoms with Gasteiger partial charge in [-0.1, -0.05) is 31.2 Å². The number of amides is 1. The summed E-state index contributed by atoms with van der Waals surface area (Å²) in [6, 6.07) is 8.81. The molecule has 1 aliphatic rings. The molecule has 1 heterocycles. The first kappa shape index (κ1) is 14.0. The van der Waals surface area contributed by atoms with Gasteiger partial charge < -0.3 is 10.6 Å². The van der Waals surface area contributed by atoms with Crippen LogP contribution in [0.5, 0.6) is 0 Å². The Morgan fingerprint density at radius 3 is 3.00 bits per heavy atom. The van der Waals surface area contributed by atoms with Crippen LogP contribution in [0.3, 0.4) is 0 Å². The summed E-state index contributed by atoms with van der Waals surface area (Å²) in [5.74, 6) is 0.0801. The number of carbonyl (C=O) groups is 1. The zero-order chi connectivity index (χ0) is 13.7. The molecule has 1 unspecified atom stereocenters. The van der Waals surface area contributed by atoms with E-state index in [0.717, 1.165) is 26.1 Å². The summed E-state index contributed by atoms with van der Waals surface area (Å²) in [6.07, 6.45) is 1.05. The van der Waals surface area contributed by atoms with Crippen molar-refractivity contribution in [3.05, 3.63) is 35.4 Å². The van der Waals surface area contributed by atoms with Crippen molar-refractivity contribution in [2.75, 3.05) is 26.7 Å². The van der Waals surface area contributed by atoms with Gasteiger partial charge in [0.05, 0.1) is 6.54 Å². The van der Waals surface area contributed by atoms with Gasteiger partial charge in [-0.2, -0.15) is 0 Å². The number of rotatable bonds is 5. The van der Waals surface area contributed by atoms with Crippen LogP contribution in [0, 0.1) is 0 Å². The first-order chi connectivity index (χ1) is 9.26. The number of likely N-dealkylation sites (N-methyl/N-ethyl adjacent to an activating group) is 1. The Kier molecular flexibility index (Phi) is 4.93. The summed E-state index contributed by atoms with van der Waals surface area (Å²) in [5, 5.41) is 6.16. The molecule has 4 nitrogen and oxygen atoms in total. The summed E-state index contributed by atoms with van der Waals surface area (Å²) < 4.78 is 0. The highest BCUT2D eigenvalue weighted by Crippen LogP contribution is 2.27. The predicted octanol–water partition coefficient (Wildman–Crippen LogP) is 1.29. The summed E-state index contributed by atoms with van der Waals surface area (Å²) in [4.78, 5) is 13.9. The van der Waals surface area contributed by atoms with Gasteiger partial charge in [0.2, 0.25) is 5.91 Å². The summed E-state index contributed by atoms with van der Waals surface area (Å²) in [7, 11) is 1.69. The maximum atomic E-state index is 11.7. The Hall–Kier alpha value is -1.39. The second-order valence-electron chi connectivity index (χ2n) is 4.99. The van der Waals surface area contributed by atoms with Gasteiger partial charge in [-0.05, 0) is 24.1 Å². The summed E-state index contributed by atoms with van der Waals surface area (Å²) in [5.41, 5.74) is 2.70. The third-order valence-electron chi connectivity index (χ3n) is 3.64. The van der Waals surface area contributed by atoms with E-state index in [1.807, 2.05) is 0 Å². The van der Waals surface area contributed by atoms with Gasteiger partial charge in [-0.15, -0.1) is 0 Å². The number of nitrogens with one attached hydrogen (secondary N) is 2. The van der Waals surface area contributed by atoms with Gasteiger partial charge in [0, 0.05) is 26.2 Å². The fourth-order valence-corrected chi connectivity index (χ4v) is 2.70. The molecule has 104 valence electrons. The van der Waals surface area contributed by atoms with Gasteiger partial charge in [-0.3, -0.25) is 9.69 Å². The fourth-order valence-electron chi connectivity index (χ4n) is 2.70. The van der Waals surface area contributed by atoms with Crippen molar-refractivity contribution < 1.29 is 4.79 Å². The fraction of sp³-hybridized carbons (Fsp3) is 0.533. The molecule has 2 rings (SSSR count). The molecule has 19 heavy (non-hydrogen) atoms. The van der Waals surface area contributed by atoms with Crippen LogP contribution in [-0.2, 0) is 11.3 Å². The van der Waals surface area contributed by atoms with Gasteiger partial charge in [0.15, 0.2) is 0 Å². The first-order valence-electron chi connectivity index (χ1n) is 6.99. The average Bonchev–Trinajstić information content (AvgIpc) is 2.46. The lowest BCUT2D eigenvalue weighted by Gasteiger charge is -2.35. The number of hydrogen-bond donors (Lipinski definition) is 2. The molecule has 1 aromatic rings. The Bertz CT molecular complexity index is 433. The zero-order valence-corrected chi connectivity index (χ0v) is 11.8. The van der Waals surface area contributed by atoms with Crippen LogP contribution in [0.2, 0.25) is 0 Å². The normalized spacial score (nSPS) is 18.2. The number of nitrogens with zero attached hydrogens (tertiary/aromatic N) is 1. The van der Waals surface area contributed by atoms with Crippen molar-refractivity contribution in [2.24, 2.45) is 0 Å². The minimum atomic E-state index is 0.0801. The van der Waals surface area contributed by atoms with Gasteiger partial charge in [0.1, 0.15) is 0 Å². The monoisotopic (exact) mass is 261 g/mol. The van der Waals surface area contributed by atoms with Crippen LogP contribution in [0.4, 0.5) is 0 Å². The van der Waals surface area contributed by atoms with Crippen LogP contribution in [0.25, 0.3) is 0 Å². The lowest BCUT2D eigenvalue weighted by atomic mass is 9.95. The Morgan fingerprint density at radius 2 is 2.26 bits per heavy atom. The molecule has 0 saturated heterocycles. The van der Waals surface area contributed by atoms with Gasteiger partial charge in [0.25, 0.3) is 0 Å². The Labute approximate surface area is 115 Å². The molecule has 0 radical (unpaired) electrons. The molecule has 0 saturated carbocycles. The van der Waals surface area contributed by atoms with E-state index < -0.39 is 0 Å². The Morgan fingerprint density at radius 1 is 1.47 bits per heavy atom. The quantitative estimate of drug-likeness (QED) is 0.839. The molecule has 2 N–H and O–H groups in total. The van der Waals surface area contributed by atoms with E-state index in [4.69, 9.17) is 0 Å². The van der Waals surface area contributed by atoms with Crippen molar-refractivity contribution in [2.45, 2.75) is 25.9 Å². The third-order valence-corrected chi connectivity index (χ3v) is 3.64. The smallest absolute Gasteiger partial charge is 0.233 e. The number of carbonyl (C=O) groups excluding carboxylic acids is 1. The third kappa shape index (κ3) is 3.33. The number of benzene rings is 1. The number of hydrogen-bond acceptors (Lipinski definition) is 3. The molecule has 0 aliphatic carbocycles. The minimum Gasteiger partial charge on any atom is -0.358 e. The molecule has 1 amide bonds. The summed E-state index contributed by atoms with van der Waals surface area (Å²) >= 11 is 0. The van der Waals surface area contributed by atoms with Crippen molar-refractivity contribution in [3.8, 4) is 0 Å². The largest absolute Gasteiger partial charge is 0.358 e. The van der Waals surface area contributed by atoms with Crippen molar-refractivity contribution in [1.29, 1.82) is 0 Å². The highest BCUT2D eigenvalue weighted by molar-refractivity contribution is 5.77. The Balaban J connectivity index is 2.20. The molecule has 0 spiro atoms. The van der Waals surface area contributed by atoms with E-state index in [1.54, 1.807) is 7.05 Å². The molecular weight excluding hydrogens is 238 g/mol. The molecule has 1 aliphatic heterocycles. The minimum absolute atomic E-state index is 0.0801. The first-order valence-corrected chi connectivity index (χ1v) is 6.99. The van der Waals surface area contributed by atoms with E-state index in [9.17, 15) is 4.79 Å². The van der Waals surface area contributed by atoms with Crippen LogP contribution in [0.1, 0.15) is 30.5 Å². The lowest BCUT2D eigenvalue weighted by molar-refractivity contribution is -0.122. The second kappa shape index (κ2) is 6.68. The lowest BCUT2D eigenvalue weighted by Crippen LogP contribution is -2.44. The topological polar surface area (TPSA) is 44.4 Å². The van der Waals surface area contributed by atoms with Crippen LogP contribution >= 0.6 is 0 Å². The number of fused-ring (bicyclic) bond motifs is 1. The van der Waals surface area contributed by atoms with E-state index in [2.05, 4.69) is 46.7 Å². The molecule has 0 bridgehead atoms. The highest BCUT2D eigenvalue weighted by atomic mass is 16.1. The van der Waals surface area contributed by atoms with Crippen LogP contribution in [0.15, 0.2) is 24.3 Å². The average molecular weight is 261 g/mol. The van der Waals surface area contributed by atoms with E-state index in [-0.39, 0.29) is 5.91 Å². The highest BCUT2D eigenvalue weighted by Gasteiger charge is 2.26. The molecule has 0 fully saturated rings. The second-order valence-corrected chi connectivity index (χ2v) is 4.99. The molecule has 1 atom stereocenters. The van der Waals surface area contributed by atoms with E-state index in [0.29, 0.717) is 12.6 Å². The van der Waals surface area contributed by atoms with Crippen molar-refractivity contribution >= 4 is 5.91 Å². The standard InChI is InChI=1S/C15H23N3O/c1-3-8-18(11-15(19)16-2)14-10-17-9-12-6-4-5-7-13(12)14/h4-7,14,17H,3,8-11H2,1-2H3,(H,16,19). The van der Waals surface area contributed by atoms with Crippen molar-refractivity contribution in [1.82, 2.24) is 15.5 Å². The maximum Gasteiger partial charge on any atom is 0.233 e. The van der Waals surface area contributed by atoms with E-state index >= 15 is 0 Å². The molecule has 4 heteroatoms. The van der Waals surface area contributed by atoms with Crippen LogP contribution in [-0.4, -0.2) is 37.5 Å². The zero-order valence-electron chi connectivity index (χ0n) is 11.8. The van der Waals surface area contributed by atoms with Crippen LogP contribution < -0.4 is 10.6 Å². The van der Waals surface area contributed by atoms with Crippen molar-refractivity contribution in [3.63, 3.8) is 0 Å².